The van der Waals surface area contributed by atoms with Crippen molar-refractivity contribution in [3.05, 3.63) is 24.0 Å². The summed E-state index contributed by atoms with van der Waals surface area (Å²) in [7, 11) is 0. The quantitative estimate of drug-likeness (QED) is 0.341. The van der Waals surface area contributed by atoms with Gasteiger partial charge in [0, 0.05) is 32.1 Å². The number of aliphatic carboxylic acids is 1. The number of piperazine rings is 1. The summed E-state index contributed by atoms with van der Waals surface area (Å²) in [5, 5.41) is 18.7. The predicted octanol–water partition coefficient (Wildman–Crippen LogP) is 2.80. The monoisotopic (exact) mass is 576 g/mol. The molecule has 0 aromatic carbocycles. The Morgan fingerprint density at radius 3 is 2.50 bits per heavy atom. The standard InChI is InChI=1S/C27H32N10O5/c1-14-16(35-7-9-36(10-8-35)26(40)41-12-17(38)39)11-29-24(32-14)18-21(34-42-22(18)15-5-6-15)20-19-23(28)30-13-31-25(19)37(33-20)27(2,3)4/h11,13,15H,5-10,12H2,1-4H3,(H,38,39)(H2,28,30,31). The summed E-state index contributed by atoms with van der Waals surface area (Å²) in [4.78, 5) is 44.8. The molecule has 4 aromatic heterocycles. The smallest absolute Gasteiger partial charge is 0.410 e. The van der Waals surface area contributed by atoms with Crippen molar-refractivity contribution in [2.24, 2.45) is 0 Å². The highest BCUT2D eigenvalue weighted by molar-refractivity contribution is 6.00. The van der Waals surface area contributed by atoms with Crippen LogP contribution in [0.3, 0.4) is 0 Å². The number of amides is 1. The molecule has 0 bridgehead atoms. The van der Waals surface area contributed by atoms with E-state index in [0.717, 1.165) is 30.0 Å². The number of carboxylic acid groups (broad SMARTS) is 1. The molecule has 1 saturated carbocycles. The van der Waals surface area contributed by atoms with Crippen LogP contribution in [-0.4, -0.2) is 89.7 Å². The zero-order valence-corrected chi connectivity index (χ0v) is 23.9. The molecule has 5 heterocycles. The van der Waals surface area contributed by atoms with Gasteiger partial charge < -0.3 is 29.9 Å². The van der Waals surface area contributed by atoms with E-state index in [1.807, 2.05) is 32.4 Å². The minimum atomic E-state index is -1.19. The first-order valence-electron chi connectivity index (χ1n) is 13.7. The van der Waals surface area contributed by atoms with E-state index in [0.29, 0.717) is 65.8 Å². The van der Waals surface area contributed by atoms with E-state index in [4.69, 9.17) is 35.2 Å². The number of nitrogen functional groups attached to an aromatic ring is 1. The number of ether oxygens (including phenoxy) is 1. The van der Waals surface area contributed by atoms with Crippen molar-refractivity contribution in [2.45, 2.75) is 52.0 Å². The number of aryl methyl sites for hydroxylation is 1. The Bertz CT molecular complexity index is 1680. The number of hydrogen-bond donors (Lipinski definition) is 2. The second-order valence-electron chi connectivity index (χ2n) is 11.5. The molecule has 0 spiro atoms. The lowest BCUT2D eigenvalue weighted by Crippen LogP contribution is -2.49. The van der Waals surface area contributed by atoms with Gasteiger partial charge in [-0.1, -0.05) is 5.16 Å². The van der Waals surface area contributed by atoms with Crippen molar-refractivity contribution in [1.29, 1.82) is 0 Å². The normalized spacial score (nSPS) is 15.8. The lowest BCUT2D eigenvalue weighted by Gasteiger charge is -2.35. The molecule has 3 N–H and O–H groups in total. The van der Waals surface area contributed by atoms with Crippen LogP contribution in [0.15, 0.2) is 17.0 Å². The van der Waals surface area contributed by atoms with Crippen molar-refractivity contribution in [1.82, 2.24) is 39.8 Å². The van der Waals surface area contributed by atoms with Crippen molar-refractivity contribution in [3.8, 4) is 22.8 Å². The summed E-state index contributed by atoms with van der Waals surface area (Å²) in [5.74, 6) is 0.524. The van der Waals surface area contributed by atoms with Gasteiger partial charge in [0.05, 0.1) is 34.1 Å². The van der Waals surface area contributed by atoms with E-state index >= 15 is 0 Å². The molecular formula is C27H32N10O5. The Balaban J connectivity index is 1.34. The summed E-state index contributed by atoms with van der Waals surface area (Å²) in [5.41, 5.74) is 9.84. The first-order valence-corrected chi connectivity index (χ1v) is 13.7. The Hall–Kier alpha value is -4.82. The maximum Gasteiger partial charge on any atom is 0.410 e. The number of fused-ring (bicyclic) bond motifs is 1. The zero-order chi connectivity index (χ0) is 29.8. The minimum absolute atomic E-state index is 0.225. The van der Waals surface area contributed by atoms with E-state index in [1.54, 1.807) is 6.20 Å². The second kappa shape index (κ2) is 10.2. The van der Waals surface area contributed by atoms with Crippen LogP contribution in [0.4, 0.5) is 16.3 Å². The molecule has 0 atom stereocenters. The second-order valence-corrected chi connectivity index (χ2v) is 11.5. The van der Waals surface area contributed by atoms with Gasteiger partial charge in [0.15, 0.2) is 23.8 Å². The molecule has 6 rings (SSSR count). The fraction of sp³-hybridized carbons (Fsp3) is 0.481. The summed E-state index contributed by atoms with van der Waals surface area (Å²) in [6.45, 7) is 9.16. The average Bonchev–Trinajstić information content (AvgIpc) is 3.56. The van der Waals surface area contributed by atoms with Crippen LogP contribution in [0.2, 0.25) is 0 Å². The van der Waals surface area contributed by atoms with Crippen LogP contribution >= 0.6 is 0 Å². The Kier molecular flexibility index (Phi) is 6.66. The molecule has 1 aliphatic heterocycles. The number of nitrogens with two attached hydrogens (primary N) is 1. The van der Waals surface area contributed by atoms with Crippen molar-refractivity contribution in [2.75, 3.05) is 43.4 Å². The number of anilines is 2. The molecule has 0 radical (unpaired) electrons. The zero-order valence-electron chi connectivity index (χ0n) is 23.9. The van der Waals surface area contributed by atoms with Crippen molar-refractivity contribution < 1.29 is 24.0 Å². The number of rotatable bonds is 6. The van der Waals surface area contributed by atoms with E-state index in [1.165, 1.54) is 11.2 Å². The van der Waals surface area contributed by atoms with Crippen LogP contribution in [0.25, 0.3) is 33.8 Å². The number of carbonyl (C=O) groups is 2. The average molecular weight is 577 g/mol. The SMILES string of the molecule is Cc1nc(-c2c(-c3nn(C(C)(C)C)c4ncnc(N)c34)noc2C2CC2)ncc1N1CCN(C(=O)OCC(=O)O)CC1. The van der Waals surface area contributed by atoms with Gasteiger partial charge in [0.1, 0.15) is 23.5 Å². The molecule has 2 aliphatic rings. The maximum atomic E-state index is 12.1. The molecule has 1 saturated heterocycles. The summed E-state index contributed by atoms with van der Waals surface area (Å²) in [6.07, 6.45) is 4.53. The fourth-order valence-electron chi connectivity index (χ4n) is 5.15. The lowest BCUT2D eigenvalue weighted by atomic mass is 10.1. The van der Waals surface area contributed by atoms with Crippen LogP contribution in [-0.2, 0) is 15.1 Å². The number of carboxylic acids is 1. The van der Waals surface area contributed by atoms with Gasteiger partial charge in [0.25, 0.3) is 0 Å². The Labute approximate surface area is 240 Å². The molecule has 2 fully saturated rings. The first kappa shape index (κ1) is 27.4. The molecule has 15 heteroatoms. The van der Waals surface area contributed by atoms with Crippen LogP contribution in [0, 0.1) is 6.92 Å². The number of carbonyl (C=O) groups excluding carboxylic acids is 1. The summed E-state index contributed by atoms with van der Waals surface area (Å²) < 4.78 is 12.5. The Morgan fingerprint density at radius 2 is 1.86 bits per heavy atom. The van der Waals surface area contributed by atoms with Gasteiger partial charge in [-0.05, 0) is 40.5 Å². The topological polar surface area (TPSA) is 192 Å². The highest BCUT2D eigenvalue weighted by Gasteiger charge is 2.37. The number of aromatic nitrogens is 7. The van der Waals surface area contributed by atoms with E-state index in [9.17, 15) is 9.59 Å². The maximum absolute atomic E-state index is 12.1. The number of hydrogen-bond acceptors (Lipinski definition) is 12. The third kappa shape index (κ3) is 4.94. The Morgan fingerprint density at radius 1 is 1.12 bits per heavy atom. The molecule has 220 valence electrons. The predicted molar refractivity (Wildman–Crippen MR) is 151 cm³/mol. The largest absolute Gasteiger partial charge is 0.479 e. The van der Waals surface area contributed by atoms with E-state index < -0.39 is 18.7 Å². The van der Waals surface area contributed by atoms with Crippen molar-refractivity contribution >= 4 is 34.6 Å². The molecule has 15 nitrogen and oxygen atoms in total. The van der Waals surface area contributed by atoms with Gasteiger partial charge in [-0.15, -0.1) is 0 Å². The van der Waals surface area contributed by atoms with Gasteiger partial charge in [-0.3, -0.25) is 0 Å². The molecule has 1 amide bonds. The van der Waals surface area contributed by atoms with Gasteiger partial charge >= 0.3 is 12.1 Å². The molecule has 0 unspecified atom stereocenters. The molecule has 4 aromatic rings. The lowest BCUT2D eigenvalue weighted by molar-refractivity contribution is -0.140. The van der Waals surface area contributed by atoms with Crippen LogP contribution < -0.4 is 10.6 Å². The van der Waals surface area contributed by atoms with E-state index in [-0.39, 0.29) is 11.5 Å². The summed E-state index contributed by atoms with van der Waals surface area (Å²) in [6, 6.07) is 0. The third-order valence-electron chi connectivity index (χ3n) is 7.40. The number of nitrogens with zero attached hydrogens (tertiary/aromatic N) is 9. The van der Waals surface area contributed by atoms with Gasteiger partial charge in [-0.2, -0.15) is 5.10 Å². The van der Waals surface area contributed by atoms with Gasteiger partial charge in [-0.25, -0.2) is 34.2 Å². The minimum Gasteiger partial charge on any atom is -0.479 e. The van der Waals surface area contributed by atoms with E-state index in [2.05, 4.69) is 20.0 Å². The highest BCUT2D eigenvalue weighted by atomic mass is 16.6. The third-order valence-corrected chi connectivity index (χ3v) is 7.40. The molecular weight excluding hydrogens is 544 g/mol. The summed E-state index contributed by atoms with van der Waals surface area (Å²) >= 11 is 0. The van der Waals surface area contributed by atoms with Crippen molar-refractivity contribution in [3.63, 3.8) is 0 Å². The molecule has 1 aliphatic carbocycles. The first-order chi connectivity index (χ1) is 20.0. The van der Waals surface area contributed by atoms with Crippen LogP contribution in [0.1, 0.15) is 51.0 Å². The van der Waals surface area contributed by atoms with Crippen LogP contribution in [0.5, 0.6) is 0 Å². The highest BCUT2D eigenvalue weighted by Crippen LogP contribution is 2.48. The van der Waals surface area contributed by atoms with Gasteiger partial charge in [0.2, 0.25) is 0 Å². The molecule has 42 heavy (non-hydrogen) atoms. The fourth-order valence-corrected chi connectivity index (χ4v) is 5.15.